The van der Waals surface area contributed by atoms with E-state index in [4.69, 9.17) is 11.6 Å². The van der Waals surface area contributed by atoms with Gasteiger partial charge in [-0.15, -0.1) is 16.7 Å². The van der Waals surface area contributed by atoms with Crippen LogP contribution in [0, 0.1) is 0 Å². The second kappa shape index (κ2) is 4.89. The molecule has 0 fully saturated rings. The Morgan fingerprint density at radius 1 is 1.33 bits per heavy atom. The van der Waals surface area contributed by atoms with E-state index < -0.39 is 11.7 Å². The number of aromatic nitrogens is 3. The first kappa shape index (κ1) is 13.4. The summed E-state index contributed by atoms with van der Waals surface area (Å²) in [5, 5.41) is 7.35. The molecule has 1 heterocycles. The van der Waals surface area contributed by atoms with E-state index in [1.54, 1.807) is 0 Å². The molecular formula is C10H6BrClF3N3. The summed E-state index contributed by atoms with van der Waals surface area (Å²) in [4.78, 5) is 0. The monoisotopic (exact) mass is 339 g/mol. The molecule has 3 nitrogen and oxygen atoms in total. The van der Waals surface area contributed by atoms with Crippen LogP contribution >= 0.6 is 27.5 Å². The fourth-order valence-corrected chi connectivity index (χ4v) is 2.00. The number of nitrogens with zero attached hydrogens (tertiary/aromatic N) is 3. The van der Waals surface area contributed by atoms with Gasteiger partial charge in [0.25, 0.3) is 0 Å². The SMILES string of the molecule is FC(F)(F)c1ccc(Br)c(-n2nncc2CCl)c1. The third-order valence-electron chi connectivity index (χ3n) is 2.26. The summed E-state index contributed by atoms with van der Waals surface area (Å²) in [7, 11) is 0. The molecule has 8 heteroatoms. The summed E-state index contributed by atoms with van der Waals surface area (Å²) < 4.78 is 39.7. The van der Waals surface area contributed by atoms with Crippen molar-refractivity contribution in [2.24, 2.45) is 0 Å². The maximum atomic E-state index is 12.6. The number of halogens is 5. The van der Waals surface area contributed by atoms with Gasteiger partial charge in [-0.2, -0.15) is 13.2 Å². The van der Waals surface area contributed by atoms with Crippen LogP contribution in [0.5, 0.6) is 0 Å². The number of hydrogen-bond acceptors (Lipinski definition) is 2. The van der Waals surface area contributed by atoms with Crippen molar-refractivity contribution < 1.29 is 13.2 Å². The van der Waals surface area contributed by atoms with E-state index in [1.807, 2.05) is 0 Å². The van der Waals surface area contributed by atoms with Crippen LogP contribution in [0.4, 0.5) is 13.2 Å². The van der Waals surface area contributed by atoms with Gasteiger partial charge in [0.05, 0.1) is 29.0 Å². The van der Waals surface area contributed by atoms with Crippen LogP contribution < -0.4 is 0 Å². The van der Waals surface area contributed by atoms with Crippen LogP contribution in [-0.2, 0) is 12.1 Å². The number of benzene rings is 1. The zero-order chi connectivity index (χ0) is 13.3. The molecular weight excluding hydrogens is 334 g/mol. The van der Waals surface area contributed by atoms with E-state index in [9.17, 15) is 13.2 Å². The molecule has 1 aromatic carbocycles. The molecule has 0 aliphatic carbocycles. The Morgan fingerprint density at radius 3 is 2.67 bits per heavy atom. The predicted octanol–water partition coefficient (Wildman–Crippen LogP) is 3.79. The van der Waals surface area contributed by atoms with Gasteiger partial charge in [0, 0.05) is 4.47 Å². The molecule has 0 atom stereocenters. The molecule has 0 radical (unpaired) electrons. The lowest BCUT2D eigenvalue weighted by Gasteiger charge is -2.11. The molecule has 0 N–H and O–H groups in total. The summed E-state index contributed by atoms with van der Waals surface area (Å²) in [6.07, 6.45) is -3.00. The highest BCUT2D eigenvalue weighted by atomic mass is 79.9. The predicted molar refractivity (Wildman–Crippen MR) is 63.6 cm³/mol. The third-order valence-corrected chi connectivity index (χ3v) is 3.20. The van der Waals surface area contributed by atoms with Crippen LogP contribution in [0.3, 0.4) is 0 Å². The average Bonchev–Trinajstić information content (AvgIpc) is 2.76. The van der Waals surface area contributed by atoms with E-state index in [0.29, 0.717) is 10.2 Å². The Balaban J connectivity index is 2.57. The highest BCUT2D eigenvalue weighted by Crippen LogP contribution is 2.33. The van der Waals surface area contributed by atoms with Gasteiger partial charge in [0.1, 0.15) is 0 Å². The standard InChI is InChI=1S/C10H6BrClF3N3/c11-8-2-1-6(10(13,14)15)3-9(8)18-7(4-12)5-16-17-18/h1-3,5H,4H2. The summed E-state index contributed by atoms with van der Waals surface area (Å²) in [6.45, 7) is 0. The number of rotatable bonds is 2. The topological polar surface area (TPSA) is 30.7 Å². The van der Waals surface area contributed by atoms with Crippen molar-refractivity contribution in [3.8, 4) is 5.69 Å². The lowest BCUT2D eigenvalue weighted by Crippen LogP contribution is -2.08. The van der Waals surface area contributed by atoms with Crippen LogP contribution in [-0.4, -0.2) is 15.0 Å². The van der Waals surface area contributed by atoms with E-state index in [0.717, 1.165) is 12.1 Å². The normalized spacial score (nSPS) is 11.8. The summed E-state index contributed by atoms with van der Waals surface area (Å²) >= 11 is 8.85. The minimum absolute atomic E-state index is 0.107. The molecule has 0 amide bonds. The van der Waals surface area contributed by atoms with E-state index in [1.165, 1.54) is 16.9 Å². The molecule has 2 aromatic rings. The van der Waals surface area contributed by atoms with E-state index in [-0.39, 0.29) is 11.6 Å². The van der Waals surface area contributed by atoms with Crippen molar-refractivity contribution in [1.29, 1.82) is 0 Å². The quantitative estimate of drug-likeness (QED) is 0.779. The first-order valence-electron chi connectivity index (χ1n) is 4.76. The van der Waals surface area contributed by atoms with Gasteiger partial charge in [0.15, 0.2) is 0 Å². The van der Waals surface area contributed by atoms with Gasteiger partial charge < -0.3 is 0 Å². The van der Waals surface area contributed by atoms with Crippen molar-refractivity contribution in [3.05, 3.63) is 40.1 Å². The Hall–Kier alpha value is -1.08. The fraction of sp³-hybridized carbons (Fsp3) is 0.200. The lowest BCUT2D eigenvalue weighted by molar-refractivity contribution is -0.137. The molecule has 0 saturated carbocycles. The zero-order valence-corrected chi connectivity index (χ0v) is 11.1. The third kappa shape index (κ3) is 2.51. The van der Waals surface area contributed by atoms with Crippen LogP contribution in [0.2, 0.25) is 0 Å². The maximum Gasteiger partial charge on any atom is 0.416 e. The summed E-state index contributed by atoms with van der Waals surface area (Å²) in [6, 6.07) is 3.30. The highest BCUT2D eigenvalue weighted by molar-refractivity contribution is 9.10. The summed E-state index contributed by atoms with van der Waals surface area (Å²) in [5.41, 5.74) is 0.00592. The minimum Gasteiger partial charge on any atom is -0.215 e. The Kier molecular flexibility index (Phi) is 3.63. The lowest BCUT2D eigenvalue weighted by atomic mass is 10.2. The molecule has 18 heavy (non-hydrogen) atoms. The Labute approximate surface area is 114 Å². The van der Waals surface area contributed by atoms with Crippen molar-refractivity contribution in [2.75, 3.05) is 0 Å². The Bertz CT molecular complexity index is 568. The number of hydrogen-bond donors (Lipinski definition) is 0. The smallest absolute Gasteiger partial charge is 0.215 e. The van der Waals surface area contributed by atoms with Crippen LogP contribution in [0.25, 0.3) is 5.69 Å². The van der Waals surface area contributed by atoms with Crippen molar-refractivity contribution in [2.45, 2.75) is 12.1 Å². The fourth-order valence-electron chi connectivity index (χ4n) is 1.40. The maximum absolute atomic E-state index is 12.6. The molecule has 0 spiro atoms. The second-order valence-electron chi connectivity index (χ2n) is 3.43. The van der Waals surface area contributed by atoms with Crippen molar-refractivity contribution >= 4 is 27.5 Å². The van der Waals surface area contributed by atoms with Gasteiger partial charge >= 0.3 is 6.18 Å². The molecule has 1 aromatic heterocycles. The second-order valence-corrected chi connectivity index (χ2v) is 4.56. The van der Waals surface area contributed by atoms with Crippen molar-refractivity contribution in [1.82, 2.24) is 15.0 Å². The van der Waals surface area contributed by atoms with Gasteiger partial charge in [-0.3, -0.25) is 0 Å². The molecule has 2 rings (SSSR count). The Morgan fingerprint density at radius 2 is 2.06 bits per heavy atom. The van der Waals surface area contributed by atoms with Crippen LogP contribution in [0.15, 0.2) is 28.9 Å². The molecule has 0 unspecified atom stereocenters. The van der Waals surface area contributed by atoms with E-state index in [2.05, 4.69) is 26.2 Å². The molecule has 0 aliphatic heterocycles. The van der Waals surface area contributed by atoms with Crippen molar-refractivity contribution in [3.63, 3.8) is 0 Å². The molecule has 96 valence electrons. The van der Waals surface area contributed by atoms with Crippen LogP contribution in [0.1, 0.15) is 11.3 Å². The number of alkyl halides is 4. The van der Waals surface area contributed by atoms with Gasteiger partial charge in [-0.25, -0.2) is 4.68 Å². The van der Waals surface area contributed by atoms with E-state index >= 15 is 0 Å². The first-order valence-corrected chi connectivity index (χ1v) is 6.09. The van der Waals surface area contributed by atoms with Gasteiger partial charge in [-0.1, -0.05) is 5.21 Å². The largest absolute Gasteiger partial charge is 0.416 e. The summed E-state index contributed by atoms with van der Waals surface area (Å²) in [5.74, 6) is 0.107. The van der Waals surface area contributed by atoms with Gasteiger partial charge in [-0.05, 0) is 34.1 Å². The van der Waals surface area contributed by atoms with Gasteiger partial charge in [0.2, 0.25) is 0 Å². The highest BCUT2D eigenvalue weighted by Gasteiger charge is 2.31. The molecule has 0 bridgehead atoms. The zero-order valence-electron chi connectivity index (χ0n) is 8.75. The average molecular weight is 341 g/mol. The first-order chi connectivity index (χ1) is 8.43. The molecule has 0 aliphatic rings. The minimum atomic E-state index is -4.41. The molecule has 0 saturated heterocycles.